The number of nitrogens with one attached hydrogen (secondary N) is 3. The Labute approximate surface area is 188 Å². The van der Waals surface area contributed by atoms with E-state index in [4.69, 9.17) is 16.1 Å². The minimum absolute atomic E-state index is 0.142. The number of hydrogen-bond acceptors (Lipinski definition) is 6. The molecular formula is C21H20ClN5O5. The van der Waals surface area contributed by atoms with E-state index in [0.29, 0.717) is 22.0 Å². The summed E-state index contributed by atoms with van der Waals surface area (Å²) in [5, 5.41) is 21.2. The van der Waals surface area contributed by atoms with E-state index in [2.05, 4.69) is 26.1 Å². The minimum Gasteiger partial charge on any atom is -0.480 e. The van der Waals surface area contributed by atoms with Gasteiger partial charge in [0.15, 0.2) is 0 Å². The zero-order chi connectivity index (χ0) is 23.3. The second-order valence-electron chi connectivity index (χ2n) is 7.12. The average Bonchev–Trinajstić information content (AvgIpc) is 3.24. The summed E-state index contributed by atoms with van der Waals surface area (Å²) in [7, 11) is 0. The fourth-order valence-corrected chi connectivity index (χ4v) is 2.80. The molecule has 0 unspecified atom stereocenters. The molecule has 1 aromatic heterocycles. The maximum atomic E-state index is 12.2. The fraction of sp³-hybridized carbons (Fsp3) is 0.190. The normalized spacial score (nSPS) is 11.6. The minimum atomic E-state index is -1.16. The van der Waals surface area contributed by atoms with Gasteiger partial charge in [0.25, 0.3) is 0 Å². The lowest BCUT2D eigenvalue weighted by molar-refractivity contribution is -0.140. The van der Waals surface area contributed by atoms with Crippen LogP contribution in [-0.4, -0.2) is 39.2 Å². The van der Waals surface area contributed by atoms with Gasteiger partial charge < -0.3 is 25.6 Å². The van der Waals surface area contributed by atoms with Crippen LogP contribution in [0.1, 0.15) is 24.5 Å². The van der Waals surface area contributed by atoms with E-state index < -0.39 is 23.9 Å². The third-order valence-corrected chi connectivity index (χ3v) is 4.59. The highest BCUT2D eigenvalue weighted by atomic mass is 35.5. The highest BCUT2D eigenvalue weighted by Gasteiger charge is 2.26. The van der Waals surface area contributed by atoms with Gasteiger partial charge in [-0.05, 0) is 54.4 Å². The highest BCUT2D eigenvalue weighted by molar-refractivity contribution is 6.30. The van der Waals surface area contributed by atoms with Crippen LogP contribution in [-0.2, 0) is 4.79 Å². The first-order chi connectivity index (χ1) is 15.2. The Balaban J connectivity index is 1.62. The monoisotopic (exact) mass is 457 g/mol. The molecule has 0 aliphatic heterocycles. The lowest BCUT2D eigenvalue weighted by Crippen LogP contribution is -2.44. The highest BCUT2D eigenvalue weighted by Crippen LogP contribution is 2.20. The van der Waals surface area contributed by atoms with Crippen molar-refractivity contribution in [2.24, 2.45) is 5.92 Å². The van der Waals surface area contributed by atoms with Crippen LogP contribution in [0, 0.1) is 5.92 Å². The molecule has 3 aromatic rings. The van der Waals surface area contributed by atoms with Crippen molar-refractivity contribution in [3.63, 3.8) is 0 Å². The van der Waals surface area contributed by atoms with Gasteiger partial charge in [-0.25, -0.2) is 9.59 Å². The topological polar surface area (TPSA) is 146 Å². The van der Waals surface area contributed by atoms with Crippen LogP contribution in [0.25, 0.3) is 11.4 Å². The van der Waals surface area contributed by atoms with E-state index in [0.717, 1.165) is 0 Å². The number of carbonyl (C=O) groups excluding carboxylic acids is 2. The number of carboxylic acids is 1. The first-order valence-electron chi connectivity index (χ1n) is 9.54. The van der Waals surface area contributed by atoms with Crippen LogP contribution < -0.4 is 16.0 Å². The summed E-state index contributed by atoms with van der Waals surface area (Å²) in [6.07, 6.45) is 0. The standard InChI is InChI=1S/C21H20ClN5O5/c1-11(2)16(20(29)30)25-18(28)19-26-17(27-32-19)12-3-7-14(8-4-12)23-21(31)24-15-9-5-13(22)6-10-15/h3-11,16H,1-2H3,(H,25,28)(H,29,30)(H2,23,24,31)/t16-/m0/s1. The number of aromatic nitrogens is 2. The summed E-state index contributed by atoms with van der Waals surface area (Å²) in [6.45, 7) is 3.34. The Kier molecular flexibility index (Phi) is 7.06. The van der Waals surface area contributed by atoms with Gasteiger partial charge in [0.1, 0.15) is 6.04 Å². The van der Waals surface area contributed by atoms with Crippen molar-refractivity contribution in [2.75, 3.05) is 10.6 Å². The summed E-state index contributed by atoms with van der Waals surface area (Å²) in [4.78, 5) is 39.6. The van der Waals surface area contributed by atoms with Crippen LogP contribution >= 0.6 is 11.6 Å². The Morgan fingerprint density at radius 1 is 0.969 bits per heavy atom. The number of halogens is 1. The number of carboxylic acid groups (broad SMARTS) is 1. The number of anilines is 2. The predicted molar refractivity (Wildman–Crippen MR) is 118 cm³/mol. The maximum absolute atomic E-state index is 12.2. The molecule has 0 radical (unpaired) electrons. The van der Waals surface area contributed by atoms with Gasteiger partial charge in [0.2, 0.25) is 5.82 Å². The van der Waals surface area contributed by atoms with Crippen molar-refractivity contribution >= 4 is 40.9 Å². The largest absolute Gasteiger partial charge is 0.480 e. The quantitative estimate of drug-likeness (QED) is 0.421. The Bertz CT molecular complexity index is 1110. The molecule has 0 spiro atoms. The van der Waals surface area contributed by atoms with Gasteiger partial charge in [-0.2, -0.15) is 4.98 Å². The van der Waals surface area contributed by atoms with Gasteiger partial charge in [-0.3, -0.25) is 4.79 Å². The van der Waals surface area contributed by atoms with E-state index in [1.807, 2.05) is 0 Å². The summed E-state index contributed by atoms with van der Waals surface area (Å²) in [5.74, 6) is -2.46. The van der Waals surface area contributed by atoms with Crippen LogP contribution in [0.15, 0.2) is 53.1 Å². The van der Waals surface area contributed by atoms with Crippen LogP contribution in [0.5, 0.6) is 0 Å². The molecule has 3 rings (SSSR count). The van der Waals surface area contributed by atoms with Gasteiger partial charge >= 0.3 is 23.8 Å². The molecular weight excluding hydrogens is 438 g/mol. The number of urea groups is 1. The summed E-state index contributed by atoms with van der Waals surface area (Å²) < 4.78 is 4.96. The molecule has 11 heteroatoms. The Hall–Kier alpha value is -3.92. The van der Waals surface area contributed by atoms with Crippen molar-refractivity contribution in [3.05, 3.63) is 59.4 Å². The molecule has 1 atom stereocenters. The molecule has 0 bridgehead atoms. The van der Waals surface area contributed by atoms with Crippen LogP contribution in [0.4, 0.5) is 16.2 Å². The molecule has 0 saturated carbocycles. The zero-order valence-corrected chi connectivity index (χ0v) is 17.9. The van der Waals surface area contributed by atoms with Crippen molar-refractivity contribution in [1.29, 1.82) is 0 Å². The number of hydrogen-bond donors (Lipinski definition) is 4. The number of amides is 3. The number of benzene rings is 2. The maximum Gasteiger partial charge on any atom is 0.326 e. The van der Waals surface area contributed by atoms with Gasteiger partial charge in [-0.15, -0.1) is 0 Å². The number of carbonyl (C=O) groups is 3. The second kappa shape index (κ2) is 9.92. The molecule has 2 aromatic carbocycles. The first-order valence-corrected chi connectivity index (χ1v) is 9.92. The summed E-state index contributed by atoms with van der Waals surface area (Å²) in [5.41, 5.74) is 1.64. The molecule has 0 saturated heterocycles. The smallest absolute Gasteiger partial charge is 0.326 e. The van der Waals surface area contributed by atoms with Crippen LogP contribution in [0.2, 0.25) is 5.02 Å². The van der Waals surface area contributed by atoms with E-state index in [9.17, 15) is 19.5 Å². The third kappa shape index (κ3) is 5.82. The molecule has 32 heavy (non-hydrogen) atoms. The number of aliphatic carboxylic acids is 1. The molecule has 4 N–H and O–H groups in total. The van der Waals surface area contributed by atoms with E-state index >= 15 is 0 Å². The Morgan fingerprint density at radius 3 is 2.06 bits per heavy atom. The van der Waals surface area contributed by atoms with Crippen molar-refractivity contribution < 1.29 is 24.0 Å². The third-order valence-electron chi connectivity index (χ3n) is 4.34. The molecule has 10 nitrogen and oxygen atoms in total. The SMILES string of the molecule is CC(C)[C@H](NC(=O)c1nc(-c2ccc(NC(=O)Nc3ccc(Cl)cc3)cc2)no1)C(=O)O. The molecule has 0 aliphatic carbocycles. The molecule has 0 fully saturated rings. The molecule has 166 valence electrons. The summed E-state index contributed by atoms with van der Waals surface area (Å²) >= 11 is 5.82. The van der Waals surface area contributed by atoms with E-state index in [-0.39, 0.29) is 17.6 Å². The van der Waals surface area contributed by atoms with Crippen molar-refractivity contribution in [2.45, 2.75) is 19.9 Å². The van der Waals surface area contributed by atoms with Gasteiger partial charge in [-0.1, -0.05) is 30.6 Å². The van der Waals surface area contributed by atoms with E-state index in [1.54, 1.807) is 62.4 Å². The fourth-order valence-electron chi connectivity index (χ4n) is 2.68. The molecule has 3 amide bonds. The van der Waals surface area contributed by atoms with Gasteiger partial charge in [0.05, 0.1) is 0 Å². The molecule has 1 heterocycles. The van der Waals surface area contributed by atoms with Gasteiger partial charge in [0, 0.05) is 22.0 Å². The average molecular weight is 458 g/mol. The zero-order valence-electron chi connectivity index (χ0n) is 17.1. The van der Waals surface area contributed by atoms with Crippen LogP contribution in [0.3, 0.4) is 0 Å². The Morgan fingerprint density at radius 2 is 1.53 bits per heavy atom. The second-order valence-corrected chi connectivity index (χ2v) is 7.56. The molecule has 0 aliphatic rings. The first kappa shape index (κ1) is 22.8. The predicted octanol–water partition coefficient (Wildman–Crippen LogP) is 3.87. The lowest BCUT2D eigenvalue weighted by atomic mass is 10.1. The van der Waals surface area contributed by atoms with Crippen molar-refractivity contribution in [3.8, 4) is 11.4 Å². The van der Waals surface area contributed by atoms with Crippen molar-refractivity contribution in [1.82, 2.24) is 15.5 Å². The van der Waals surface area contributed by atoms with E-state index in [1.165, 1.54) is 0 Å². The summed E-state index contributed by atoms with van der Waals surface area (Å²) in [6, 6.07) is 11.7. The number of rotatable bonds is 7. The number of nitrogens with zero attached hydrogens (tertiary/aromatic N) is 2. The lowest BCUT2D eigenvalue weighted by Gasteiger charge is -2.16.